The largest absolute Gasteiger partial charge is 0.465 e. The lowest BCUT2D eigenvalue weighted by atomic mass is 9.81. The molecular formula is C19H30O6Si. The molecule has 0 aliphatic rings. The Bertz CT molecular complexity index is 559. The summed E-state index contributed by atoms with van der Waals surface area (Å²) >= 11 is 0. The average Bonchev–Trinajstić information content (AvgIpc) is 2.51. The van der Waals surface area contributed by atoms with Crippen molar-refractivity contribution in [3.63, 3.8) is 0 Å². The van der Waals surface area contributed by atoms with Gasteiger partial charge in [-0.2, -0.15) is 0 Å². The zero-order chi connectivity index (χ0) is 20.2. The SMILES string of the molecule is CCOC(=O)C(CC#C[Si](C)(C)C)(C/C=C\COC(C)=O)C(=O)OCC. The second-order valence-electron chi connectivity index (χ2n) is 6.73. The van der Waals surface area contributed by atoms with Crippen molar-refractivity contribution in [3.05, 3.63) is 12.2 Å². The maximum absolute atomic E-state index is 12.6. The third-order valence-corrected chi connectivity index (χ3v) is 4.13. The van der Waals surface area contributed by atoms with Gasteiger partial charge in [0.15, 0.2) is 5.41 Å². The lowest BCUT2D eigenvalue weighted by Gasteiger charge is -2.26. The number of hydrogen-bond acceptors (Lipinski definition) is 6. The highest BCUT2D eigenvalue weighted by Gasteiger charge is 2.47. The summed E-state index contributed by atoms with van der Waals surface area (Å²) in [5.41, 5.74) is 1.65. The van der Waals surface area contributed by atoms with Crippen molar-refractivity contribution in [2.45, 2.75) is 53.3 Å². The van der Waals surface area contributed by atoms with Crippen molar-refractivity contribution < 1.29 is 28.6 Å². The molecule has 0 spiro atoms. The van der Waals surface area contributed by atoms with Gasteiger partial charge in [0.2, 0.25) is 0 Å². The van der Waals surface area contributed by atoms with Crippen LogP contribution in [0.2, 0.25) is 19.6 Å². The Balaban J connectivity index is 5.63. The molecule has 0 aromatic rings. The molecule has 0 atom stereocenters. The molecule has 0 aliphatic carbocycles. The standard InChI is InChI=1S/C19H30O6Si/c1-7-23-17(21)19(18(22)24-8-2,13-11-15-26(4,5)6)12-9-10-14-25-16(3)20/h9-10H,7-8,12-14H2,1-6H3/b10-9-. The first kappa shape index (κ1) is 23.9. The topological polar surface area (TPSA) is 78.9 Å². The van der Waals surface area contributed by atoms with Crippen molar-refractivity contribution in [1.82, 2.24) is 0 Å². The fourth-order valence-electron chi connectivity index (χ4n) is 1.98. The van der Waals surface area contributed by atoms with Gasteiger partial charge in [-0.1, -0.05) is 31.8 Å². The summed E-state index contributed by atoms with van der Waals surface area (Å²) < 4.78 is 15.1. The Hall–Kier alpha value is -2.07. The highest BCUT2D eigenvalue weighted by molar-refractivity contribution is 6.83. The van der Waals surface area contributed by atoms with E-state index in [1.807, 2.05) is 0 Å². The van der Waals surface area contributed by atoms with E-state index in [1.54, 1.807) is 26.0 Å². The molecule has 146 valence electrons. The number of ether oxygens (including phenoxy) is 3. The minimum atomic E-state index is -1.66. The van der Waals surface area contributed by atoms with Gasteiger partial charge in [-0.15, -0.1) is 11.5 Å². The molecule has 0 amide bonds. The lowest BCUT2D eigenvalue weighted by Crippen LogP contribution is -2.41. The van der Waals surface area contributed by atoms with Crippen molar-refractivity contribution in [1.29, 1.82) is 0 Å². The van der Waals surface area contributed by atoms with Crippen LogP contribution in [0.5, 0.6) is 0 Å². The van der Waals surface area contributed by atoms with Gasteiger partial charge in [-0.3, -0.25) is 14.4 Å². The summed E-state index contributed by atoms with van der Waals surface area (Å²) in [5.74, 6) is 1.29. The first-order valence-electron chi connectivity index (χ1n) is 8.72. The van der Waals surface area contributed by atoms with Gasteiger partial charge in [0.1, 0.15) is 14.7 Å². The van der Waals surface area contributed by atoms with E-state index in [1.165, 1.54) is 6.92 Å². The van der Waals surface area contributed by atoms with Crippen LogP contribution in [0.15, 0.2) is 12.2 Å². The van der Waals surface area contributed by atoms with E-state index >= 15 is 0 Å². The van der Waals surface area contributed by atoms with Crippen LogP contribution in [0.4, 0.5) is 0 Å². The second-order valence-corrected chi connectivity index (χ2v) is 11.5. The van der Waals surface area contributed by atoms with E-state index in [4.69, 9.17) is 14.2 Å². The van der Waals surface area contributed by atoms with Crippen molar-refractivity contribution in [2.24, 2.45) is 5.41 Å². The number of hydrogen-bond donors (Lipinski definition) is 0. The molecule has 0 radical (unpaired) electrons. The van der Waals surface area contributed by atoms with Crippen LogP contribution >= 0.6 is 0 Å². The number of allylic oxidation sites excluding steroid dienone is 1. The van der Waals surface area contributed by atoms with E-state index in [0.717, 1.165) is 0 Å². The minimum absolute atomic E-state index is 0.0207. The predicted octanol–water partition coefficient (Wildman–Crippen LogP) is 2.88. The zero-order valence-corrected chi connectivity index (χ0v) is 17.6. The summed E-state index contributed by atoms with van der Waals surface area (Å²) in [4.78, 5) is 36.0. The zero-order valence-electron chi connectivity index (χ0n) is 16.6. The molecule has 6 nitrogen and oxygen atoms in total. The molecule has 0 rings (SSSR count). The van der Waals surface area contributed by atoms with Crippen LogP contribution in [-0.2, 0) is 28.6 Å². The molecule has 7 heteroatoms. The number of esters is 3. The maximum atomic E-state index is 12.6. The smallest absolute Gasteiger partial charge is 0.324 e. The van der Waals surface area contributed by atoms with Crippen LogP contribution in [0.1, 0.15) is 33.6 Å². The van der Waals surface area contributed by atoms with E-state index in [-0.39, 0.29) is 32.7 Å². The highest BCUT2D eigenvalue weighted by Crippen LogP contribution is 2.31. The van der Waals surface area contributed by atoms with E-state index in [2.05, 4.69) is 31.1 Å². The Morgan fingerprint density at radius 1 is 0.962 bits per heavy atom. The minimum Gasteiger partial charge on any atom is -0.465 e. The number of carbonyl (C=O) groups excluding carboxylic acids is 3. The normalized spacial score (nSPS) is 11.5. The van der Waals surface area contributed by atoms with Gasteiger partial charge >= 0.3 is 17.9 Å². The summed E-state index contributed by atoms with van der Waals surface area (Å²) in [5, 5.41) is 0. The lowest BCUT2D eigenvalue weighted by molar-refractivity contribution is -0.171. The van der Waals surface area contributed by atoms with Gasteiger partial charge in [-0.05, 0) is 20.3 Å². The third kappa shape index (κ3) is 8.86. The van der Waals surface area contributed by atoms with Gasteiger partial charge in [0, 0.05) is 13.3 Å². The molecule has 0 unspecified atom stereocenters. The molecule has 26 heavy (non-hydrogen) atoms. The van der Waals surface area contributed by atoms with Gasteiger partial charge < -0.3 is 14.2 Å². The third-order valence-electron chi connectivity index (χ3n) is 3.20. The van der Waals surface area contributed by atoms with Crippen LogP contribution in [0.25, 0.3) is 0 Å². The van der Waals surface area contributed by atoms with Crippen molar-refractivity contribution in [3.8, 4) is 11.5 Å². The second kappa shape index (κ2) is 11.5. The first-order chi connectivity index (χ1) is 12.1. The molecule has 0 aromatic heterocycles. The van der Waals surface area contributed by atoms with Crippen LogP contribution in [-0.4, -0.2) is 45.8 Å². The van der Waals surface area contributed by atoms with Gasteiger partial charge in [0.25, 0.3) is 0 Å². The number of carbonyl (C=O) groups is 3. The Morgan fingerprint density at radius 2 is 1.50 bits per heavy atom. The summed E-state index contributed by atoms with van der Waals surface area (Å²) in [7, 11) is -1.66. The molecule has 0 N–H and O–H groups in total. The molecule has 0 saturated heterocycles. The van der Waals surface area contributed by atoms with Crippen LogP contribution in [0.3, 0.4) is 0 Å². The molecule has 0 bridgehead atoms. The van der Waals surface area contributed by atoms with Gasteiger partial charge in [0.05, 0.1) is 13.2 Å². The van der Waals surface area contributed by atoms with E-state index < -0.39 is 31.4 Å². The van der Waals surface area contributed by atoms with Crippen molar-refractivity contribution in [2.75, 3.05) is 19.8 Å². The van der Waals surface area contributed by atoms with E-state index in [0.29, 0.717) is 0 Å². The molecule has 0 heterocycles. The Morgan fingerprint density at radius 3 is 1.92 bits per heavy atom. The predicted molar refractivity (Wildman–Crippen MR) is 102 cm³/mol. The maximum Gasteiger partial charge on any atom is 0.324 e. The van der Waals surface area contributed by atoms with Crippen LogP contribution < -0.4 is 0 Å². The Kier molecular flexibility index (Phi) is 10.6. The molecule has 0 saturated carbocycles. The Labute approximate surface area is 157 Å². The fraction of sp³-hybridized carbons (Fsp3) is 0.632. The summed E-state index contributed by atoms with van der Waals surface area (Å²) in [6, 6.07) is 0. The summed E-state index contributed by atoms with van der Waals surface area (Å²) in [6.45, 7) is 11.3. The van der Waals surface area contributed by atoms with Crippen LogP contribution in [0, 0.1) is 16.9 Å². The number of rotatable bonds is 9. The fourth-order valence-corrected chi connectivity index (χ4v) is 2.60. The highest BCUT2D eigenvalue weighted by atomic mass is 28.3. The quantitative estimate of drug-likeness (QED) is 0.152. The summed E-state index contributed by atoms with van der Waals surface area (Å²) in [6.07, 6.45) is 3.28. The molecule has 0 fully saturated rings. The molecule has 0 aliphatic heterocycles. The average molecular weight is 383 g/mol. The first-order valence-corrected chi connectivity index (χ1v) is 12.2. The monoisotopic (exact) mass is 382 g/mol. The molecule has 0 aromatic carbocycles. The molecular weight excluding hydrogens is 352 g/mol. The van der Waals surface area contributed by atoms with Crippen molar-refractivity contribution >= 4 is 26.0 Å². The van der Waals surface area contributed by atoms with Gasteiger partial charge in [-0.25, -0.2) is 0 Å². The van der Waals surface area contributed by atoms with E-state index in [9.17, 15) is 14.4 Å².